The van der Waals surface area contributed by atoms with Gasteiger partial charge in [0.15, 0.2) is 0 Å². The van der Waals surface area contributed by atoms with Gasteiger partial charge in [-0.3, -0.25) is 0 Å². The van der Waals surface area contributed by atoms with E-state index in [0.29, 0.717) is 5.88 Å². The zero-order valence-electron chi connectivity index (χ0n) is 10.4. The Kier molecular flexibility index (Phi) is 4.60. The van der Waals surface area contributed by atoms with Crippen LogP contribution in [0.1, 0.15) is 38.2 Å². The Hall–Kier alpha value is -0.830. The summed E-state index contributed by atoms with van der Waals surface area (Å²) in [6.45, 7) is 4.44. The molecule has 2 rings (SSSR count). The van der Waals surface area contributed by atoms with Gasteiger partial charge in [0.1, 0.15) is 0 Å². The number of halogens is 1. The highest BCUT2D eigenvalue weighted by Gasteiger charge is 2.19. The molecule has 0 aromatic carbocycles. The number of hydrogen-bond acceptors (Lipinski definition) is 3. The fourth-order valence-electron chi connectivity index (χ4n) is 2.41. The number of nitrogens with zero attached hydrogens (tertiary/aromatic N) is 3. The molecule has 0 unspecified atom stereocenters. The van der Waals surface area contributed by atoms with Crippen molar-refractivity contribution in [3.63, 3.8) is 0 Å². The van der Waals surface area contributed by atoms with E-state index in [-0.39, 0.29) is 0 Å². The summed E-state index contributed by atoms with van der Waals surface area (Å²) >= 11 is 5.73. The summed E-state index contributed by atoms with van der Waals surface area (Å²) in [6, 6.07) is 0. The quantitative estimate of drug-likeness (QED) is 0.772. The predicted octanol–water partition coefficient (Wildman–Crippen LogP) is 3.23. The van der Waals surface area contributed by atoms with Gasteiger partial charge in [-0.05, 0) is 18.8 Å². The third kappa shape index (κ3) is 3.32. The van der Waals surface area contributed by atoms with Gasteiger partial charge in [0.05, 0.1) is 5.88 Å². The Labute approximate surface area is 108 Å². The first-order valence-electron chi connectivity index (χ1n) is 6.45. The zero-order valence-corrected chi connectivity index (χ0v) is 11.2. The molecule has 0 amide bonds. The molecule has 2 heterocycles. The van der Waals surface area contributed by atoms with Gasteiger partial charge >= 0.3 is 0 Å². The van der Waals surface area contributed by atoms with E-state index in [4.69, 9.17) is 11.6 Å². The second kappa shape index (κ2) is 6.20. The van der Waals surface area contributed by atoms with Crippen molar-refractivity contribution in [3.8, 4) is 0 Å². The number of rotatable bonds is 4. The lowest BCUT2D eigenvalue weighted by Gasteiger charge is -2.31. The molecule has 1 aromatic rings. The normalized spacial score (nSPS) is 17.4. The highest BCUT2D eigenvalue weighted by atomic mass is 35.5. The lowest BCUT2D eigenvalue weighted by molar-refractivity contribution is 0.376. The van der Waals surface area contributed by atoms with Crippen LogP contribution in [0.4, 0.5) is 5.95 Å². The number of hydrogen-bond donors (Lipinski definition) is 0. The van der Waals surface area contributed by atoms with E-state index < -0.39 is 0 Å². The zero-order chi connectivity index (χ0) is 12.1. The summed E-state index contributed by atoms with van der Waals surface area (Å²) in [4.78, 5) is 11.0. The van der Waals surface area contributed by atoms with Gasteiger partial charge in [-0.2, -0.15) is 0 Å². The maximum atomic E-state index is 5.73. The van der Waals surface area contributed by atoms with Crippen molar-refractivity contribution < 1.29 is 0 Å². The van der Waals surface area contributed by atoms with E-state index in [0.717, 1.165) is 30.5 Å². The second-order valence-electron chi connectivity index (χ2n) is 4.74. The molecule has 0 radical (unpaired) electrons. The minimum atomic E-state index is 0.485. The van der Waals surface area contributed by atoms with E-state index in [9.17, 15) is 0 Å². The van der Waals surface area contributed by atoms with Gasteiger partial charge < -0.3 is 4.90 Å². The highest BCUT2D eigenvalue weighted by molar-refractivity contribution is 6.17. The Morgan fingerprint density at radius 2 is 1.94 bits per heavy atom. The number of alkyl halides is 1. The first-order valence-corrected chi connectivity index (χ1v) is 6.98. The third-order valence-electron chi connectivity index (χ3n) is 3.44. The van der Waals surface area contributed by atoms with Gasteiger partial charge in [-0.25, -0.2) is 9.97 Å². The van der Waals surface area contributed by atoms with Crippen molar-refractivity contribution in [2.24, 2.45) is 5.92 Å². The number of piperidine rings is 1. The minimum absolute atomic E-state index is 0.485. The van der Waals surface area contributed by atoms with Crippen molar-refractivity contribution >= 4 is 17.5 Å². The molecule has 0 spiro atoms. The molecule has 0 bridgehead atoms. The topological polar surface area (TPSA) is 29.0 Å². The minimum Gasteiger partial charge on any atom is -0.341 e. The molecule has 1 aliphatic heterocycles. The average molecular weight is 254 g/mol. The van der Waals surface area contributed by atoms with Crippen molar-refractivity contribution in [2.75, 3.05) is 18.0 Å². The molecule has 0 N–H and O–H groups in total. The fraction of sp³-hybridized carbons (Fsp3) is 0.692. The standard InChI is InChI=1S/C13H20ClN3/c1-2-3-11-4-6-17(7-5-11)13-15-9-12(8-14)10-16-13/h9-11H,2-8H2,1H3. The molecule has 1 fully saturated rings. The first-order chi connectivity index (χ1) is 8.33. The van der Waals surface area contributed by atoms with Gasteiger partial charge in [0.2, 0.25) is 5.95 Å². The maximum Gasteiger partial charge on any atom is 0.225 e. The molecule has 0 atom stereocenters. The summed E-state index contributed by atoms with van der Waals surface area (Å²) in [5.41, 5.74) is 0.983. The Bertz CT molecular complexity index is 331. The molecule has 0 saturated carbocycles. The molecular weight excluding hydrogens is 234 g/mol. The molecule has 1 aliphatic rings. The fourth-order valence-corrected chi connectivity index (χ4v) is 2.55. The summed E-state index contributed by atoms with van der Waals surface area (Å²) in [5.74, 6) is 2.24. The summed E-state index contributed by atoms with van der Waals surface area (Å²) < 4.78 is 0. The largest absolute Gasteiger partial charge is 0.341 e. The lowest BCUT2D eigenvalue weighted by atomic mass is 9.93. The van der Waals surface area contributed by atoms with Crippen LogP contribution >= 0.6 is 11.6 Å². The Morgan fingerprint density at radius 1 is 1.29 bits per heavy atom. The maximum absolute atomic E-state index is 5.73. The summed E-state index contributed by atoms with van der Waals surface area (Å²) in [5, 5.41) is 0. The van der Waals surface area contributed by atoms with Crippen molar-refractivity contribution in [3.05, 3.63) is 18.0 Å². The summed E-state index contributed by atoms with van der Waals surface area (Å²) in [7, 11) is 0. The van der Waals surface area contributed by atoms with Gasteiger partial charge in [-0.1, -0.05) is 19.8 Å². The molecule has 1 saturated heterocycles. The number of aromatic nitrogens is 2. The SMILES string of the molecule is CCCC1CCN(c2ncc(CCl)cn2)CC1. The van der Waals surface area contributed by atoms with E-state index in [2.05, 4.69) is 21.8 Å². The van der Waals surface area contributed by atoms with Crippen LogP contribution in [-0.4, -0.2) is 23.1 Å². The highest BCUT2D eigenvalue weighted by Crippen LogP contribution is 2.23. The first kappa shape index (κ1) is 12.6. The van der Waals surface area contributed by atoms with E-state index >= 15 is 0 Å². The van der Waals surface area contributed by atoms with Crippen LogP contribution in [0, 0.1) is 5.92 Å². The van der Waals surface area contributed by atoms with Crippen molar-refractivity contribution in [1.82, 2.24) is 9.97 Å². The molecular formula is C13H20ClN3. The van der Waals surface area contributed by atoms with Crippen LogP contribution in [0.5, 0.6) is 0 Å². The smallest absolute Gasteiger partial charge is 0.225 e. The Morgan fingerprint density at radius 3 is 2.47 bits per heavy atom. The van der Waals surface area contributed by atoms with Crippen molar-refractivity contribution in [2.45, 2.75) is 38.5 Å². The molecule has 1 aromatic heterocycles. The molecule has 94 valence electrons. The van der Waals surface area contributed by atoms with E-state index in [1.165, 1.54) is 25.7 Å². The second-order valence-corrected chi connectivity index (χ2v) is 5.01. The lowest BCUT2D eigenvalue weighted by Crippen LogP contribution is -2.34. The Balaban J connectivity index is 1.91. The molecule has 3 nitrogen and oxygen atoms in total. The van der Waals surface area contributed by atoms with E-state index in [1.807, 2.05) is 12.4 Å². The monoisotopic (exact) mass is 253 g/mol. The average Bonchev–Trinajstić information content (AvgIpc) is 2.40. The van der Waals surface area contributed by atoms with Crippen molar-refractivity contribution in [1.29, 1.82) is 0 Å². The third-order valence-corrected chi connectivity index (χ3v) is 3.75. The molecule has 0 aliphatic carbocycles. The van der Waals surface area contributed by atoms with Gasteiger partial charge in [0, 0.05) is 31.0 Å². The van der Waals surface area contributed by atoms with Gasteiger partial charge in [0.25, 0.3) is 0 Å². The van der Waals surface area contributed by atoms with Crippen LogP contribution in [0.15, 0.2) is 12.4 Å². The van der Waals surface area contributed by atoms with Crippen LogP contribution in [0.25, 0.3) is 0 Å². The number of anilines is 1. The molecule has 17 heavy (non-hydrogen) atoms. The predicted molar refractivity (Wildman–Crippen MR) is 71.4 cm³/mol. The van der Waals surface area contributed by atoms with Crippen LogP contribution in [0.2, 0.25) is 0 Å². The molecule has 4 heteroatoms. The van der Waals surface area contributed by atoms with E-state index in [1.54, 1.807) is 0 Å². The van der Waals surface area contributed by atoms with Gasteiger partial charge in [-0.15, -0.1) is 11.6 Å². The van der Waals surface area contributed by atoms with Crippen LogP contribution in [-0.2, 0) is 5.88 Å². The van der Waals surface area contributed by atoms with Crippen LogP contribution < -0.4 is 4.90 Å². The summed E-state index contributed by atoms with van der Waals surface area (Å²) in [6.07, 6.45) is 8.86. The van der Waals surface area contributed by atoms with Crippen LogP contribution in [0.3, 0.4) is 0 Å².